The minimum atomic E-state index is -0.562. The summed E-state index contributed by atoms with van der Waals surface area (Å²) >= 11 is 1.15. The molecule has 0 unspecified atom stereocenters. The van der Waals surface area contributed by atoms with Crippen molar-refractivity contribution < 1.29 is 18.7 Å². The first kappa shape index (κ1) is 19.5. The molecule has 0 saturated heterocycles. The lowest BCUT2D eigenvalue weighted by atomic mass is 10.1. The van der Waals surface area contributed by atoms with Gasteiger partial charge in [-0.2, -0.15) is 0 Å². The molecule has 3 rings (SSSR count). The molecule has 28 heavy (non-hydrogen) atoms. The standard InChI is InChI=1S/C20H18FN3O3S/c1-12-6-5-7-15(18(12)22)19(26)27-10-14-11-28-20(23-14)24(13(2)25)17-9-4-3-8-16(17)21/h3-9,11H,10,22H2,1-2H3. The maximum atomic E-state index is 14.1. The molecule has 1 amide bonds. The predicted octanol–water partition coefficient (Wildman–Crippen LogP) is 4.21. The smallest absolute Gasteiger partial charge is 0.340 e. The van der Waals surface area contributed by atoms with Gasteiger partial charge in [-0.1, -0.05) is 24.3 Å². The third-order valence-electron chi connectivity index (χ3n) is 4.03. The van der Waals surface area contributed by atoms with Crippen molar-refractivity contribution >= 4 is 39.7 Å². The molecule has 0 aliphatic heterocycles. The minimum Gasteiger partial charge on any atom is -0.455 e. The van der Waals surface area contributed by atoms with Gasteiger partial charge < -0.3 is 10.5 Å². The molecule has 2 aromatic carbocycles. The number of aryl methyl sites for hydroxylation is 1. The fraction of sp³-hybridized carbons (Fsp3) is 0.150. The van der Waals surface area contributed by atoms with Gasteiger partial charge in [-0.15, -0.1) is 11.3 Å². The van der Waals surface area contributed by atoms with Gasteiger partial charge in [0.1, 0.15) is 12.4 Å². The number of aromatic nitrogens is 1. The number of benzene rings is 2. The molecule has 8 heteroatoms. The van der Waals surface area contributed by atoms with Crippen LogP contribution < -0.4 is 10.6 Å². The summed E-state index contributed by atoms with van der Waals surface area (Å²) in [6.45, 7) is 3.04. The Bertz CT molecular complexity index is 1040. The van der Waals surface area contributed by atoms with Crippen molar-refractivity contribution in [3.05, 3.63) is 70.5 Å². The lowest BCUT2D eigenvalue weighted by molar-refractivity contribution is -0.115. The van der Waals surface area contributed by atoms with E-state index in [0.717, 1.165) is 16.9 Å². The number of carbonyl (C=O) groups is 2. The average Bonchev–Trinajstić information content (AvgIpc) is 3.12. The topological polar surface area (TPSA) is 85.5 Å². The van der Waals surface area contributed by atoms with Crippen LogP contribution in [0.4, 0.5) is 20.9 Å². The lowest BCUT2D eigenvalue weighted by Gasteiger charge is -2.18. The predicted molar refractivity (Wildman–Crippen MR) is 106 cm³/mol. The Morgan fingerprint density at radius 3 is 2.68 bits per heavy atom. The first-order chi connectivity index (χ1) is 13.4. The minimum absolute atomic E-state index is 0.0915. The monoisotopic (exact) mass is 399 g/mol. The number of anilines is 3. The van der Waals surface area contributed by atoms with E-state index in [1.165, 1.54) is 24.0 Å². The van der Waals surface area contributed by atoms with E-state index in [1.54, 1.807) is 42.6 Å². The summed E-state index contributed by atoms with van der Waals surface area (Å²) in [5.74, 6) is -1.47. The Labute approximate surface area is 165 Å². The highest BCUT2D eigenvalue weighted by Crippen LogP contribution is 2.31. The van der Waals surface area contributed by atoms with Crippen molar-refractivity contribution in [1.82, 2.24) is 4.98 Å². The van der Waals surface area contributed by atoms with Crippen molar-refractivity contribution in [2.24, 2.45) is 0 Å². The summed E-state index contributed by atoms with van der Waals surface area (Å²) < 4.78 is 19.4. The highest BCUT2D eigenvalue weighted by atomic mass is 32.1. The second-order valence-electron chi connectivity index (χ2n) is 6.04. The number of nitrogens with two attached hydrogens (primary N) is 1. The number of para-hydroxylation sites is 2. The number of halogens is 1. The molecule has 1 heterocycles. The summed E-state index contributed by atoms with van der Waals surface area (Å²) in [6, 6.07) is 11.1. The number of amides is 1. The number of carbonyl (C=O) groups excluding carboxylic acids is 2. The van der Waals surface area contributed by atoms with Crippen LogP contribution in [0.25, 0.3) is 0 Å². The van der Waals surface area contributed by atoms with E-state index in [0.29, 0.717) is 16.5 Å². The van der Waals surface area contributed by atoms with Gasteiger partial charge >= 0.3 is 5.97 Å². The number of thiazole rings is 1. The molecule has 6 nitrogen and oxygen atoms in total. The Morgan fingerprint density at radius 1 is 1.21 bits per heavy atom. The summed E-state index contributed by atoms with van der Waals surface area (Å²) in [5, 5.41) is 1.94. The third kappa shape index (κ3) is 4.01. The highest BCUT2D eigenvalue weighted by molar-refractivity contribution is 7.14. The molecule has 0 saturated carbocycles. The molecule has 0 bridgehead atoms. The average molecular weight is 399 g/mol. The Balaban J connectivity index is 1.76. The fourth-order valence-electron chi connectivity index (χ4n) is 2.58. The van der Waals surface area contributed by atoms with Gasteiger partial charge in [0.15, 0.2) is 5.13 Å². The molecule has 3 aromatic rings. The molecular formula is C20H18FN3O3S. The van der Waals surface area contributed by atoms with Crippen LogP contribution in [0.2, 0.25) is 0 Å². The fourth-order valence-corrected chi connectivity index (χ4v) is 3.45. The Morgan fingerprint density at radius 2 is 1.96 bits per heavy atom. The second-order valence-corrected chi connectivity index (χ2v) is 6.88. The zero-order chi connectivity index (χ0) is 20.3. The largest absolute Gasteiger partial charge is 0.455 e. The van der Waals surface area contributed by atoms with E-state index < -0.39 is 11.8 Å². The molecule has 2 N–H and O–H groups in total. The number of hydrogen-bond acceptors (Lipinski definition) is 6. The van der Waals surface area contributed by atoms with Gasteiger partial charge in [0.2, 0.25) is 5.91 Å². The first-order valence-electron chi connectivity index (χ1n) is 8.40. The molecule has 0 aliphatic rings. The summed E-state index contributed by atoms with van der Waals surface area (Å²) in [7, 11) is 0. The quantitative estimate of drug-likeness (QED) is 0.513. The van der Waals surface area contributed by atoms with E-state index >= 15 is 0 Å². The molecular weight excluding hydrogens is 381 g/mol. The molecule has 0 spiro atoms. The van der Waals surface area contributed by atoms with Gasteiger partial charge in [-0.3, -0.25) is 9.69 Å². The van der Waals surface area contributed by atoms with Crippen molar-refractivity contribution in [2.45, 2.75) is 20.5 Å². The number of esters is 1. The SMILES string of the molecule is CC(=O)N(c1nc(COC(=O)c2cccc(C)c2N)cs1)c1ccccc1F. The van der Waals surface area contributed by atoms with Crippen LogP contribution in [-0.4, -0.2) is 16.9 Å². The maximum Gasteiger partial charge on any atom is 0.340 e. The maximum absolute atomic E-state index is 14.1. The first-order valence-corrected chi connectivity index (χ1v) is 9.28. The van der Waals surface area contributed by atoms with Gasteiger partial charge in [0, 0.05) is 18.0 Å². The van der Waals surface area contributed by atoms with Crippen molar-refractivity contribution in [2.75, 3.05) is 10.6 Å². The van der Waals surface area contributed by atoms with Crippen LogP contribution in [0.5, 0.6) is 0 Å². The Hall–Kier alpha value is -3.26. The lowest BCUT2D eigenvalue weighted by Crippen LogP contribution is -2.23. The highest BCUT2D eigenvalue weighted by Gasteiger charge is 2.21. The van der Waals surface area contributed by atoms with Gasteiger partial charge in [-0.05, 0) is 30.7 Å². The number of rotatable bonds is 5. The summed E-state index contributed by atoms with van der Waals surface area (Å²) in [5.41, 5.74) is 7.91. The van der Waals surface area contributed by atoms with Crippen LogP contribution in [0.3, 0.4) is 0 Å². The van der Waals surface area contributed by atoms with E-state index in [9.17, 15) is 14.0 Å². The molecule has 0 aliphatic carbocycles. The van der Waals surface area contributed by atoms with Gasteiger partial charge in [0.25, 0.3) is 0 Å². The van der Waals surface area contributed by atoms with Crippen LogP contribution >= 0.6 is 11.3 Å². The normalized spacial score (nSPS) is 10.5. The number of nitrogen functional groups attached to an aromatic ring is 1. The van der Waals surface area contributed by atoms with E-state index in [4.69, 9.17) is 10.5 Å². The zero-order valence-electron chi connectivity index (χ0n) is 15.3. The van der Waals surface area contributed by atoms with Crippen LogP contribution in [-0.2, 0) is 16.1 Å². The summed E-state index contributed by atoms with van der Waals surface area (Å²) in [4.78, 5) is 29.8. The molecule has 144 valence electrons. The number of ether oxygens (including phenoxy) is 1. The Kier molecular flexibility index (Phi) is 5.70. The zero-order valence-corrected chi connectivity index (χ0v) is 16.1. The van der Waals surface area contributed by atoms with Crippen LogP contribution in [0.1, 0.15) is 28.5 Å². The van der Waals surface area contributed by atoms with Crippen LogP contribution in [0.15, 0.2) is 47.8 Å². The molecule has 0 radical (unpaired) electrons. The van der Waals surface area contributed by atoms with E-state index in [-0.39, 0.29) is 23.8 Å². The third-order valence-corrected chi connectivity index (χ3v) is 4.91. The van der Waals surface area contributed by atoms with Crippen molar-refractivity contribution in [3.8, 4) is 0 Å². The van der Waals surface area contributed by atoms with Crippen molar-refractivity contribution in [1.29, 1.82) is 0 Å². The number of hydrogen-bond donors (Lipinski definition) is 1. The molecule has 0 fully saturated rings. The van der Waals surface area contributed by atoms with Gasteiger partial charge in [0.05, 0.1) is 16.9 Å². The molecule has 1 aromatic heterocycles. The van der Waals surface area contributed by atoms with Crippen molar-refractivity contribution in [3.63, 3.8) is 0 Å². The van der Waals surface area contributed by atoms with E-state index in [1.807, 2.05) is 0 Å². The molecule has 0 atom stereocenters. The summed E-state index contributed by atoms with van der Waals surface area (Å²) in [6.07, 6.45) is 0. The van der Waals surface area contributed by atoms with E-state index in [2.05, 4.69) is 4.98 Å². The second kappa shape index (κ2) is 8.18. The number of nitrogens with zero attached hydrogens (tertiary/aromatic N) is 2. The van der Waals surface area contributed by atoms with Crippen LogP contribution in [0, 0.1) is 12.7 Å². The van der Waals surface area contributed by atoms with Gasteiger partial charge in [-0.25, -0.2) is 14.2 Å².